The lowest BCUT2D eigenvalue weighted by molar-refractivity contribution is -0.111. The van der Waals surface area contributed by atoms with Gasteiger partial charge in [0.25, 0.3) is 5.91 Å². The van der Waals surface area contributed by atoms with Crippen molar-refractivity contribution in [2.75, 3.05) is 5.32 Å². The van der Waals surface area contributed by atoms with Gasteiger partial charge in [-0.15, -0.1) is 0 Å². The zero-order valence-electron chi connectivity index (χ0n) is 17.7. The van der Waals surface area contributed by atoms with E-state index < -0.39 is 5.91 Å². The molecule has 160 valence electrons. The Hall–Kier alpha value is -3.45. The maximum absolute atomic E-state index is 12.4. The smallest absolute Gasteiger partial charge is 0.276 e. The third-order valence-corrected chi connectivity index (χ3v) is 5.04. The second-order valence-electron chi connectivity index (χ2n) is 8.05. The average Bonchev–Trinajstić information content (AvgIpc) is 3.49. The third-order valence-electron chi connectivity index (χ3n) is 5.04. The number of hydrogen-bond acceptors (Lipinski definition) is 4. The van der Waals surface area contributed by atoms with Gasteiger partial charge in [-0.25, -0.2) is 5.48 Å². The predicted molar refractivity (Wildman–Crippen MR) is 120 cm³/mol. The number of benzene rings is 2. The molecule has 0 bridgehead atoms. The minimum atomic E-state index is -0.415. The molecule has 1 aliphatic carbocycles. The van der Waals surface area contributed by atoms with Crippen molar-refractivity contribution >= 4 is 34.5 Å². The quantitative estimate of drug-likeness (QED) is 0.425. The maximum Gasteiger partial charge on any atom is 0.276 e. The molecule has 2 amide bonds. The van der Waals surface area contributed by atoms with Crippen LogP contribution in [-0.2, 0) is 16.2 Å². The molecule has 31 heavy (non-hydrogen) atoms. The fraction of sp³-hybridized carbons (Fsp3) is 0.292. The largest absolute Gasteiger partial charge is 0.322 e. The summed E-state index contributed by atoms with van der Waals surface area (Å²) in [5, 5.41) is 8.30. The molecule has 1 aliphatic rings. The molecule has 2 N–H and O–H groups in total. The standard InChI is InChI=1S/C24H26N4O3/c1-16(2)31-27-24(30)20-5-3-4-6-21(20)26-23(29)12-10-17-9-11-22-19(13-17)14-25-28(22)15-18-7-8-18/h3-6,9-14,16,18H,7-8,15H2,1-2H3,(H,26,29)(H,27,30)/b12-10+. The lowest BCUT2D eigenvalue weighted by atomic mass is 10.1. The lowest BCUT2D eigenvalue weighted by Crippen LogP contribution is -2.28. The Morgan fingerprint density at radius 3 is 2.81 bits per heavy atom. The van der Waals surface area contributed by atoms with Crippen LogP contribution in [0.3, 0.4) is 0 Å². The first-order valence-corrected chi connectivity index (χ1v) is 10.5. The number of anilines is 1. The van der Waals surface area contributed by atoms with E-state index in [0.717, 1.165) is 28.9 Å². The molecule has 0 aliphatic heterocycles. The molecule has 1 heterocycles. The van der Waals surface area contributed by atoms with E-state index in [0.29, 0.717) is 11.3 Å². The van der Waals surface area contributed by atoms with Crippen molar-refractivity contribution in [1.29, 1.82) is 0 Å². The summed E-state index contributed by atoms with van der Waals surface area (Å²) in [6.07, 6.45) is 7.49. The predicted octanol–water partition coefficient (Wildman–Crippen LogP) is 4.17. The van der Waals surface area contributed by atoms with E-state index >= 15 is 0 Å². The van der Waals surface area contributed by atoms with Crippen molar-refractivity contribution in [2.45, 2.75) is 39.3 Å². The second kappa shape index (κ2) is 9.14. The monoisotopic (exact) mass is 418 g/mol. The number of nitrogens with one attached hydrogen (secondary N) is 2. The number of carbonyl (C=O) groups is 2. The number of fused-ring (bicyclic) bond motifs is 1. The van der Waals surface area contributed by atoms with Gasteiger partial charge in [-0.05, 0) is 68.5 Å². The van der Waals surface area contributed by atoms with Crippen molar-refractivity contribution in [3.8, 4) is 0 Å². The van der Waals surface area contributed by atoms with Crippen molar-refractivity contribution in [3.05, 3.63) is 65.9 Å². The third kappa shape index (κ3) is 5.38. The van der Waals surface area contributed by atoms with Crippen LogP contribution in [0, 0.1) is 5.92 Å². The topological polar surface area (TPSA) is 85.2 Å². The van der Waals surface area contributed by atoms with Gasteiger partial charge in [-0.3, -0.25) is 19.1 Å². The molecular weight excluding hydrogens is 392 g/mol. The van der Waals surface area contributed by atoms with Crippen molar-refractivity contribution in [1.82, 2.24) is 15.3 Å². The molecular formula is C24H26N4O3. The Balaban J connectivity index is 1.42. The van der Waals surface area contributed by atoms with Crippen molar-refractivity contribution < 1.29 is 14.4 Å². The minimum Gasteiger partial charge on any atom is -0.322 e. The molecule has 7 nitrogen and oxygen atoms in total. The van der Waals surface area contributed by atoms with E-state index in [4.69, 9.17) is 4.84 Å². The summed E-state index contributed by atoms with van der Waals surface area (Å²) < 4.78 is 2.05. The highest BCUT2D eigenvalue weighted by molar-refractivity contribution is 6.07. The van der Waals surface area contributed by atoms with Crippen LogP contribution in [0.25, 0.3) is 17.0 Å². The first-order valence-electron chi connectivity index (χ1n) is 10.5. The molecule has 4 rings (SSSR count). The zero-order valence-corrected chi connectivity index (χ0v) is 17.7. The van der Waals surface area contributed by atoms with Gasteiger partial charge in [0.05, 0.1) is 29.1 Å². The van der Waals surface area contributed by atoms with Gasteiger partial charge in [-0.1, -0.05) is 18.2 Å². The molecule has 0 spiro atoms. The van der Waals surface area contributed by atoms with E-state index in [9.17, 15) is 9.59 Å². The van der Waals surface area contributed by atoms with Crippen LogP contribution in [0.5, 0.6) is 0 Å². The summed E-state index contributed by atoms with van der Waals surface area (Å²) >= 11 is 0. The molecule has 0 saturated heterocycles. The highest BCUT2D eigenvalue weighted by atomic mass is 16.7. The summed E-state index contributed by atoms with van der Waals surface area (Å²) in [4.78, 5) is 29.9. The number of nitrogens with zero attached hydrogens (tertiary/aromatic N) is 2. The average molecular weight is 418 g/mol. The van der Waals surface area contributed by atoms with E-state index in [1.54, 1.807) is 30.3 Å². The number of rotatable bonds is 8. The summed E-state index contributed by atoms with van der Waals surface area (Å²) in [5.41, 5.74) is 5.15. The molecule has 0 radical (unpaired) electrons. The lowest BCUT2D eigenvalue weighted by Gasteiger charge is -2.12. The van der Waals surface area contributed by atoms with Crippen molar-refractivity contribution in [3.63, 3.8) is 0 Å². The highest BCUT2D eigenvalue weighted by Crippen LogP contribution is 2.31. The SMILES string of the molecule is CC(C)ONC(=O)c1ccccc1NC(=O)/C=C/c1ccc2c(cnn2CC2CC2)c1. The van der Waals surface area contributed by atoms with Crippen LogP contribution in [0.4, 0.5) is 5.69 Å². The molecule has 1 fully saturated rings. The summed E-state index contributed by atoms with van der Waals surface area (Å²) in [7, 11) is 0. The van der Waals surface area contributed by atoms with Crippen LogP contribution in [0.15, 0.2) is 54.7 Å². The van der Waals surface area contributed by atoms with Crippen LogP contribution < -0.4 is 10.8 Å². The van der Waals surface area contributed by atoms with Gasteiger partial charge < -0.3 is 5.32 Å². The Labute approximate surface area is 181 Å². The van der Waals surface area contributed by atoms with Crippen LogP contribution in [-0.4, -0.2) is 27.7 Å². The number of hydroxylamine groups is 1. The molecule has 2 aromatic carbocycles. The first kappa shape index (κ1) is 20.8. The Morgan fingerprint density at radius 2 is 2.03 bits per heavy atom. The van der Waals surface area contributed by atoms with Crippen LogP contribution in [0.1, 0.15) is 42.6 Å². The molecule has 3 aromatic rings. The minimum absolute atomic E-state index is 0.146. The van der Waals surface area contributed by atoms with Gasteiger partial charge >= 0.3 is 0 Å². The fourth-order valence-electron chi connectivity index (χ4n) is 3.26. The zero-order chi connectivity index (χ0) is 21.8. The summed E-state index contributed by atoms with van der Waals surface area (Å²) in [5.74, 6) is 0.0186. The Morgan fingerprint density at radius 1 is 1.23 bits per heavy atom. The molecule has 0 unspecified atom stereocenters. The first-order chi connectivity index (χ1) is 15.0. The molecule has 7 heteroatoms. The van der Waals surface area contributed by atoms with Gasteiger partial charge in [0.2, 0.25) is 5.91 Å². The number of amides is 2. The van der Waals surface area contributed by atoms with Crippen molar-refractivity contribution in [2.24, 2.45) is 5.92 Å². The fourth-order valence-corrected chi connectivity index (χ4v) is 3.26. The Kier molecular flexibility index (Phi) is 6.13. The number of aromatic nitrogens is 2. The summed E-state index contributed by atoms with van der Waals surface area (Å²) in [6, 6.07) is 12.8. The van der Waals surface area contributed by atoms with E-state index in [2.05, 4.69) is 20.6 Å². The number of hydrogen-bond donors (Lipinski definition) is 2. The van der Waals surface area contributed by atoms with Gasteiger partial charge in [0.15, 0.2) is 0 Å². The Bertz CT molecular complexity index is 1130. The molecule has 0 atom stereocenters. The van der Waals surface area contributed by atoms with Gasteiger partial charge in [0.1, 0.15) is 0 Å². The number of carbonyl (C=O) groups excluding carboxylic acids is 2. The highest BCUT2D eigenvalue weighted by Gasteiger charge is 2.22. The van der Waals surface area contributed by atoms with Crippen LogP contribution in [0.2, 0.25) is 0 Å². The maximum atomic E-state index is 12.4. The summed E-state index contributed by atoms with van der Waals surface area (Å²) in [6.45, 7) is 4.60. The normalized spacial score (nSPS) is 13.8. The molecule has 1 saturated carbocycles. The van der Waals surface area contributed by atoms with E-state index in [-0.39, 0.29) is 12.0 Å². The number of para-hydroxylation sites is 1. The van der Waals surface area contributed by atoms with Gasteiger partial charge in [0, 0.05) is 18.0 Å². The molecule has 1 aromatic heterocycles. The van der Waals surface area contributed by atoms with Crippen LogP contribution >= 0.6 is 0 Å². The van der Waals surface area contributed by atoms with E-state index in [1.165, 1.54) is 18.9 Å². The van der Waals surface area contributed by atoms with Gasteiger partial charge in [-0.2, -0.15) is 5.10 Å². The van der Waals surface area contributed by atoms with E-state index in [1.807, 2.05) is 38.2 Å². The second-order valence-corrected chi connectivity index (χ2v) is 8.05.